The minimum atomic E-state index is -0.462. The summed E-state index contributed by atoms with van der Waals surface area (Å²) in [5, 5.41) is 3.89. The Balaban J connectivity index is 1.89. The Hall–Kier alpha value is -2.50. The number of amides is 2. The Bertz CT molecular complexity index is 649. The minimum Gasteiger partial charge on any atom is -0.497 e. The van der Waals surface area contributed by atoms with Crippen LogP contribution >= 0.6 is 0 Å². The molecule has 2 amide bonds. The molecule has 1 aromatic carbocycles. The number of methoxy groups -OCH3 is 1. The largest absolute Gasteiger partial charge is 0.497 e. The zero-order valence-electron chi connectivity index (χ0n) is 11.9. The van der Waals surface area contributed by atoms with Crippen LogP contribution < -0.4 is 15.8 Å². The van der Waals surface area contributed by atoms with Gasteiger partial charge < -0.3 is 20.8 Å². The first-order valence-electron chi connectivity index (χ1n) is 6.79. The second-order valence-electron chi connectivity index (χ2n) is 4.79. The summed E-state index contributed by atoms with van der Waals surface area (Å²) in [5.41, 5.74) is 7.13. The number of fused-ring (bicyclic) bond motifs is 1. The van der Waals surface area contributed by atoms with Gasteiger partial charge in [-0.1, -0.05) is 0 Å². The number of hydrogen-bond acceptors (Lipinski definition) is 3. The maximum atomic E-state index is 11.5. The second-order valence-corrected chi connectivity index (χ2v) is 4.79. The van der Waals surface area contributed by atoms with Crippen molar-refractivity contribution in [2.75, 3.05) is 13.7 Å². The molecule has 1 aromatic heterocycles. The van der Waals surface area contributed by atoms with E-state index < -0.39 is 5.91 Å². The highest BCUT2D eigenvalue weighted by Gasteiger charge is 2.07. The molecule has 0 radical (unpaired) electrons. The molecule has 0 aliphatic rings. The van der Waals surface area contributed by atoms with Crippen molar-refractivity contribution in [3.05, 3.63) is 30.0 Å². The van der Waals surface area contributed by atoms with E-state index in [2.05, 4.69) is 10.3 Å². The lowest BCUT2D eigenvalue weighted by atomic mass is 10.1. The molecule has 0 aliphatic carbocycles. The topological polar surface area (TPSA) is 97.2 Å². The lowest BCUT2D eigenvalue weighted by Gasteiger charge is -2.04. The highest BCUT2D eigenvalue weighted by Crippen LogP contribution is 2.23. The number of carbonyl (C=O) groups excluding carboxylic acids is 2. The van der Waals surface area contributed by atoms with E-state index in [1.807, 2.05) is 24.4 Å². The molecule has 0 bridgehead atoms. The van der Waals surface area contributed by atoms with Crippen molar-refractivity contribution in [2.24, 2.45) is 5.73 Å². The van der Waals surface area contributed by atoms with Gasteiger partial charge in [0.15, 0.2) is 0 Å². The number of rotatable bonds is 7. The molecule has 0 atom stereocenters. The average molecular weight is 289 g/mol. The van der Waals surface area contributed by atoms with E-state index in [1.54, 1.807) is 7.11 Å². The van der Waals surface area contributed by atoms with E-state index in [-0.39, 0.29) is 18.7 Å². The molecule has 4 N–H and O–H groups in total. The molecule has 2 rings (SSSR count). The summed E-state index contributed by atoms with van der Waals surface area (Å²) in [4.78, 5) is 25.3. The van der Waals surface area contributed by atoms with Crippen LogP contribution in [0.3, 0.4) is 0 Å². The summed E-state index contributed by atoms with van der Waals surface area (Å²) >= 11 is 0. The molecular weight excluding hydrogens is 270 g/mol. The monoisotopic (exact) mass is 289 g/mol. The van der Waals surface area contributed by atoms with Crippen molar-refractivity contribution < 1.29 is 14.3 Å². The molecule has 0 fully saturated rings. The van der Waals surface area contributed by atoms with Crippen LogP contribution in [-0.4, -0.2) is 30.5 Å². The van der Waals surface area contributed by atoms with E-state index in [9.17, 15) is 9.59 Å². The summed E-state index contributed by atoms with van der Waals surface area (Å²) in [6.45, 7) is 0.524. The normalized spacial score (nSPS) is 10.5. The summed E-state index contributed by atoms with van der Waals surface area (Å²) in [7, 11) is 1.63. The summed E-state index contributed by atoms with van der Waals surface area (Å²) in [6, 6.07) is 5.84. The van der Waals surface area contributed by atoms with Gasteiger partial charge in [0, 0.05) is 42.6 Å². The molecule has 0 saturated carbocycles. The van der Waals surface area contributed by atoms with E-state index in [0.29, 0.717) is 13.0 Å². The predicted octanol–water partition coefficient (Wildman–Crippen LogP) is 1.10. The fraction of sp³-hybridized carbons (Fsp3) is 0.333. The van der Waals surface area contributed by atoms with Gasteiger partial charge in [-0.05, 0) is 24.1 Å². The van der Waals surface area contributed by atoms with Crippen LogP contribution in [0.15, 0.2) is 24.4 Å². The quantitative estimate of drug-likeness (QED) is 0.712. The molecule has 0 unspecified atom stereocenters. The molecule has 2 aromatic rings. The third-order valence-electron chi connectivity index (χ3n) is 3.29. The molecule has 0 spiro atoms. The number of aromatic amines is 1. The molecule has 1 heterocycles. The average Bonchev–Trinajstić information content (AvgIpc) is 2.87. The fourth-order valence-electron chi connectivity index (χ4n) is 2.16. The van der Waals surface area contributed by atoms with Crippen molar-refractivity contribution in [3.8, 4) is 5.75 Å². The summed E-state index contributed by atoms with van der Waals surface area (Å²) in [6.07, 6.45) is 2.87. The third kappa shape index (κ3) is 3.98. The van der Waals surface area contributed by atoms with Crippen molar-refractivity contribution in [2.45, 2.75) is 19.3 Å². The van der Waals surface area contributed by atoms with Gasteiger partial charge in [0.25, 0.3) is 0 Å². The maximum absolute atomic E-state index is 11.5. The predicted molar refractivity (Wildman–Crippen MR) is 80.0 cm³/mol. The molecule has 6 heteroatoms. The Labute approximate surface area is 122 Å². The van der Waals surface area contributed by atoms with Gasteiger partial charge >= 0.3 is 0 Å². The van der Waals surface area contributed by atoms with Crippen LogP contribution in [0, 0.1) is 0 Å². The molecule has 6 nitrogen and oxygen atoms in total. The lowest BCUT2D eigenvalue weighted by Crippen LogP contribution is -2.26. The van der Waals surface area contributed by atoms with Crippen LogP contribution in [0.2, 0.25) is 0 Å². The van der Waals surface area contributed by atoms with E-state index in [4.69, 9.17) is 10.5 Å². The molecular formula is C15H19N3O3. The molecule has 0 aliphatic heterocycles. The highest BCUT2D eigenvalue weighted by atomic mass is 16.5. The van der Waals surface area contributed by atoms with E-state index in [0.717, 1.165) is 22.2 Å². The van der Waals surface area contributed by atoms with Gasteiger partial charge in [-0.3, -0.25) is 9.59 Å². The van der Waals surface area contributed by atoms with Gasteiger partial charge in [0.2, 0.25) is 11.8 Å². The Morgan fingerprint density at radius 2 is 2.14 bits per heavy atom. The fourth-order valence-corrected chi connectivity index (χ4v) is 2.16. The van der Waals surface area contributed by atoms with Crippen LogP contribution in [-0.2, 0) is 16.0 Å². The van der Waals surface area contributed by atoms with Crippen LogP contribution in [0.4, 0.5) is 0 Å². The number of ether oxygens (including phenoxy) is 1. The first-order chi connectivity index (χ1) is 10.1. The first-order valence-corrected chi connectivity index (χ1v) is 6.79. The lowest BCUT2D eigenvalue weighted by molar-refractivity contribution is -0.125. The van der Waals surface area contributed by atoms with Gasteiger partial charge in [0.1, 0.15) is 5.75 Å². The van der Waals surface area contributed by atoms with Crippen molar-refractivity contribution >= 4 is 22.7 Å². The second kappa shape index (κ2) is 6.78. The summed E-state index contributed by atoms with van der Waals surface area (Å²) < 4.78 is 5.18. The molecule has 112 valence electrons. The van der Waals surface area contributed by atoms with Gasteiger partial charge in [-0.15, -0.1) is 0 Å². The van der Waals surface area contributed by atoms with Crippen LogP contribution in [0.1, 0.15) is 18.4 Å². The van der Waals surface area contributed by atoms with Crippen molar-refractivity contribution in [3.63, 3.8) is 0 Å². The molecule has 0 saturated heterocycles. The highest BCUT2D eigenvalue weighted by molar-refractivity contribution is 5.85. The SMILES string of the molecule is COc1ccc2c(CCNC(=O)CCC(N)=O)c[nH]c2c1. The summed E-state index contributed by atoms with van der Waals surface area (Å²) in [5.74, 6) is 0.182. The zero-order valence-corrected chi connectivity index (χ0v) is 11.9. The number of carbonyl (C=O) groups is 2. The Morgan fingerprint density at radius 1 is 1.33 bits per heavy atom. The van der Waals surface area contributed by atoms with E-state index in [1.165, 1.54) is 0 Å². The standard InChI is InChI=1S/C15H19N3O3/c1-21-11-2-3-12-10(9-18-13(12)8-11)6-7-17-15(20)5-4-14(16)19/h2-3,8-9,18H,4-7H2,1H3,(H2,16,19)(H,17,20). The van der Waals surface area contributed by atoms with Crippen molar-refractivity contribution in [1.29, 1.82) is 0 Å². The number of benzene rings is 1. The van der Waals surface area contributed by atoms with Gasteiger partial charge in [-0.2, -0.15) is 0 Å². The number of H-pyrrole nitrogens is 1. The number of nitrogens with one attached hydrogen (secondary N) is 2. The maximum Gasteiger partial charge on any atom is 0.220 e. The smallest absolute Gasteiger partial charge is 0.220 e. The van der Waals surface area contributed by atoms with Crippen LogP contribution in [0.5, 0.6) is 5.75 Å². The Kier molecular flexibility index (Phi) is 4.81. The number of hydrogen-bond donors (Lipinski definition) is 3. The third-order valence-corrected chi connectivity index (χ3v) is 3.29. The number of primary amides is 1. The van der Waals surface area contributed by atoms with E-state index >= 15 is 0 Å². The minimum absolute atomic E-state index is 0.0821. The van der Waals surface area contributed by atoms with Gasteiger partial charge in [-0.25, -0.2) is 0 Å². The Morgan fingerprint density at radius 3 is 2.86 bits per heavy atom. The van der Waals surface area contributed by atoms with Gasteiger partial charge in [0.05, 0.1) is 7.11 Å². The van der Waals surface area contributed by atoms with Crippen molar-refractivity contribution in [1.82, 2.24) is 10.3 Å². The molecule has 21 heavy (non-hydrogen) atoms. The number of aromatic nitrogens is 1. The first kappa shape index (κ1) is 14.9. The number of nitrogens with two attached hydrogens (primary N) is 1. The zero-order chi connectivity index (χ0) is 15.2. The van der Waals surface area contributed by atoms with Crippen LogP contribution in [0.25, 0.3) is 10.9 Å².